The van der Waals surface area contributed by atoms with Crippen LogP contribution in [0.4, 0.5) is 0 Å². The van der Waals surface area contributed by atoms with Crippen LogP contribution in [0.15, 0.2) is 0 Å². The van der Waals surface area contributed by atoms with Gasteiger partial charge in [0.2, 0.25) is 0 Å². The molecule has 0 bridgehead atoms. The van der Waals surface area contributed by atoms with Gasteiger partial charge >= 0.3 is 0 Å². The standard InChI is InChI=1S/C8H16N2O/c9-7-2-1-3-10-4-5-11-6-8(7)10/h7-8H,1-6,9H2/t7-,8+/m0/s1. The van der Waals surface area contributed by atoms with Gasteiger partial charge in [0.15, 0.2) is 0 Å². The van der Waals surface area contributed by atoms with E-state index >= 15 is 0 Å². The van der Waals surface area contributed by atoms with E-state index in [1.807, 2.05) is 0 Å². The fourth-order valence-electron chi connectivity index (χ4n) is 2.05. The molecule has 2 fully saturated rings. The van der Waals surface area contributed by atoms with Crippen molar-refractivity contribution >= 4 is 0 Å². The minimum atomic E-state index is 0.351. The molecule has 0 aliphatic carbocycles. The van der Waals surface area contributed by atoms with E-state index in [1.54, 1.807) is 0 Å². The molecule has 0 amide bonds. The molecule has 2 heterocycles. The van der Waals surface area contributed by atoms with Gasteiger partial charge in [-0.05, 0) is 19.4 Å². The van der Waals surface area contributed by atoms with E-state index in [2.05, 4.69) is 4.90 Å². The zero-order valence-electron chi connectivity index (χ0n) is 6.83. The topological polar surface area (TPSA) is 38.5 Å². The van der Waals surface area contributed by atoms with Gasteiger partial charge in [-0.15, -0.1) is 0 Å². The third-order valence-corrected chi connectivity index (χ3v) is 2.76. The highest BCUT2D eigenvalue weighted by molar-refractivity contribution is 4.88. The first kappa shape index (κ1) is 7.53. The monoisotopic (exact) mass is 156 g/mol. The Bertz CT molecular complexity index is 138. The lowest BCUT2D eigenvalue weighted by atomic mass is 9.97. The summed E-state index contributed by atoms with van der Waals surface area (Å²) >= 11 is 0. The van der Waals surface area contributed by atoms with E-state index in [9.17, 15) is 0 Å². The number of piperidine rings is 1. The second-order valence-corrected chi connectivity index (χ2v) is 3.48. The molecule has 2 N–H and O–H groups in total. The van der Waals surface area contributed by atoms with Crippen LogP contribution in [0.3, 0.4) is 0 Å². The third kappa shape index (κ3) is 1.41. The number of nitrogens with two attached hydrogens (primary N) is 1. The molecule has 0 aromatic carbocycles. The Morgan fingerprint density at radius 2 is 2.27 bits per heavy atom. The second-order valence-electron chi connectivity index (χ2n) is 3.48. The Morgan fingerprint density at radius 1 is 1.36 bits per heavy atom. The fourth-order valence-corrected chi connectivity index (χ4v) is 2.05. The quantitative estimate of drug-likeness (QED) is 0.528. The molecule has 3 nitrogen and oxygen atoms in total. The van der Waals surface area contributed by atoms with Crippen molar-refractivity contribution in [2.24, 2.45) is 5.73 Å². The van der Waals surface area contributed by atoms with Crippen LogP contribution >= 0.6 is 0 Å². The van der Waals surface area contributed by atoms with E-state index < -0.39 is 0 Å². The summed E-state index contributed by atoms with van der Waals surface area (Å²) in [6.45, 7) is 4.05. The van der Waals surface area contributed by atoms with Gasteiger partial charge in [-0.1, -0.05) is 0 Å². The summed E-state index contributed by atoms with van der Waals surface area (Å²) in [5.74, 6) is 0. The molecule has 0 unspecified atom stereocenters. The smallest absolute Gasteiger partial charge is 0.0637 e. The number of ether oxygens (including phenoxy) is 1. The third-order valence-electron chi connectivity index (χ3n) is 2.76. The van der Waals surface area contributed by atoms with Crippen LogP contribution in [0.2, 0.25) is 0 Å². The number of rotatable bonds is 0. The number of morpholine rings is 1. The molecule has 0 saturated carbocycles. The molecule has 2 atom stereocenters. The first-order valence-corrected chi connectivity index (χ1v) is 4.45. The molecular weight excluding hydrogens is 140 g/mol. The molecule has 0 spiro atoms. The highest BCUT2D eigenvalue weighted by Gasteiger charge is 2.30. The van der Waals surface area contributed by atoms with E-state index in [-0.39, 0.29) is 0 Å². The van der Waals surface area contributed by atoms with Crippen molar-refractivity contribution in [3.05, 3.63) is 0 Å². The molecule has 2 saturated heterocycles. The average Bonchev–Trinajstić information content (AvgIpc) is 2.06. The highest BCUT2D eigenvalue weighted by Crippen LogP contribution is 2.18. The zero-order valence-corrected chi connectivity index (χ0v) is 6.83. The Kier molecular flexibility index (Phi) is 2.11. The molecule has 64 valence electrons. The Morgan fingerprint density at radius 3 is 3.09 bits per heavy atom. The zero-order chi connectivity index (χ0) is 7.68. The van der Waals surface area contributed by atoms with Crippen LogP contribution in [-0.2, 0) is 4.74 Å². The van der Waals surface area contributed by atoms with E-state index in [0.717, 1.165) is 19.8 Å². The van der Waals surface area contributed by atoms with Gasteiger partial charge in [0, 0.05) is 18.6 Å². The largest absolute Gasteiger partial charge is 0.378 e. The molecule has 0 aromatic rings. The van der Waals surface area contributed by atoms with Gasteiger partial charge in [-0.3, -0.25) is 4.90 Å². The fraction of sp³-hybridized carbons (Fsp3) is 1.00. The van der Waals surface area contributed by atoms with Crippen LogP contribution in [-0.4, -0.2) is 43.3 Å². The minimum Gasteiger partial charge on any atom is -0.378 e. The van der Waals surface area contributed by atoms with Gasteiger partial charge in [0.05, 0.1) is 13.2 Å². The number of nitrogens with zero attached hydrogens (tertiary/aromatic N) is 1. The van der Waals surface area contributed by atoms with Crippen molar-refractivity contribution in [3.8, 4) is 0 Å². The first-order valence-electron chi connectivity index (χ1n) is 4.45. The van der Waals surface area contributed by atoms with E-state index in [4.69, 9.17) is 10.5 Å². The van der Waals surface area contributed by atoms with Crippen LogP contribution < -0.4 is 5.73 Å². The van der Waals surface area contributed by atoms with Crippen LogP contribution in [0, 0.1) is 0 Å². The summed E-state index contributed by atoms with van der Waals surface area (Å²) < 4.78 is 5.39. The maximum absolute atomic E-state index is 5.97. The molecule has 3 heteroatoms. The van der Waals surface area contributed by atoms with Crippen molar-refractivity contribution < 1.29 is 4.74 Å². The number of hydrogen-bond donors (Lipinski definition) is 1. The van der Waals surface area contributed by atoms with Crippen molar-refractivity contribution in [1.82, 2.24) is 4.90 Å². The Hall–Kier alpha value is -0.120. The van der Waals surface area contributed by atoms with Crippen LogP contribution in [0.5, 0.6) is 0 Å². The van der Waals surface area contributed by atoms with Gasteiger partial charge in [-0.2, -0.15) is 0 Å². The molecule has 0 radical (unpaired) electrons. The lowest BCUT2D eigenvalue weighted by Gasteiger charge is -2.42. The lowest BCUT2D eigenvalue weighted by Crippen LogP contribution is -2.57. The van der Waals surface area contributed by atoms with E-state index in [0.29, 0.717) is 12.1 Å². The highest BCUT2D eigenvalue weighted by atomic mass is 16.5. The number of fused-ring (bicyclic) bond motifs is 1. The summed E-state index contributed by atoms with van der Waals surface area (Å²) in [5, 5.41) is 0. The average molecular weight is 156 g/mol. The predicted molar refractivity (Wildman–Crippen MR) is 43.4 cm³/mol. The Balaban J connectivity index is 1.99. The maximum atomic E-state index is 5.97. The van der Waals surface area contributed by atoms with Gasteiger partial charge < -0.3 is 10.5 Å². The normalized spacial score (nSPS) is 40.1. The predicted octanol–water partition coefficient (Wildman–Crippen LogP) is -0.192. The second kappa shape index (κ2) is 3.09. The number of hydrogen-bond acceptors (Lipinski definition) is 3. The summed E-state index contributed by atoms with van der Waals surface area (Å²) in [6, 6.07) is 0.863. The van der Waals surface area contributed by atoms with Crippen LogP contribution in [0.1, 0.15) is 12.8 Å². The maximum Gasteiger partial charge on any atom is 0.0637 e. The first-order chi connectivity index (χ1) is 5.38. The van der Waals surface area contributed by atoms with Crippen molar-refractivity contribution in [2.75, 3.05) is 26.3 Å². The summed E-state index contributed by atoms with van der Waals surface area (Å²) in [5.41, 5.74) is 5.97. The Labute approximate surface area is 67.5 Å². The molecule has 11 heavy (non-hydrogen) atoms. The summed E-state index contributed by atoms with van der Waals surface area (Å²) in [4.78, 5) is 2.47. The van der Waals surface area contributed by atoms with Crippen molar-refractivity contribution in [3.63, 3.8) is 0 Å². The van der Waals surface area contributed by atoms with E-state index in [1.165, 1.54) is 19.4 Å². The summed E-state index contributed by atoms with van der Waals surface area (Å²) in [6.07, 6.45) is 2.43. The van der Waals surface area contributed by atoms with Crippen molar-refractivity contribution in [1.29, 1.82) is 0 Å². The van der Waals surface area contributed by atoms with Gasteiger partial charge in [0.25, 0.3) is 0 Å². The SMILES string of the molecule is N[C@H]1CCCN2CCOC[C@H]12. The minimum absolute atomic E-state index is 0.351. The summed E-state index contributed by atoms with van der Waals surface area (Å²) in [7, 11) is 0. The molecule has 2 aliphatic heterocycles. The molecule has 2 rings (SSSR count). The van der Waals surface area contributed by atoms with Gasteiger partial charge in [-0.25, -0.2) is 0 Å². The molecule has 2 aliphatic rings. The van der Waals surface area contributed by atoms with Crippen molar-refractivity contribution in [2.45, 2.75) is 24.9 Å². The van der Waals surface area contributed by atoms with Gasteiger partial charge in [0.1, 0.15) is 0 Å². The van der Waals surface area contributed by atoms with Crippen LogP contribution in [0.25, 0.3) is 0 Å². The molecular formula is C8H16N2O. The lowest BCUT2D eigenvalue weighted by molar-refractivity contribution is -0.0311. The molecule has 0 aromatic heterocycles.